The molecule has 0 aliphatic carbocycles. The second kappa shape index (κ2) is 6.58. The standard InChI is InChI=1S/C13H16F2O4/c1-7(2)13(18)19-12(11(17)6-16)9-4-3-8(14)5-10(9)15/h3-5,7,11-12,16-17H,6H2,1-2H3. The van der Waals surface area contributed by atoms with Crippen molar-refractivity contribution in [1.82, 2.24) is 0 Å². The molecule has 0 aliphatic heterocycles. The molecule has 2 atom stereocenters. The summed E-state index contributed by atoms with van der Waals surface area (Å²) in [5.41, 5.74) is -0.183. The number of benzene rings is 1. The van der Waals surface area contributed by atoms with E-state index in [1.807, 2.05) is 0 Å². The molecular formula is C13H16F2O4. The molecule has 0 aliphatic rings. The molecular weight excluding hydrogens is 258 g/mol. The van der Waals surface area contributed by atoms with Crippen LogP contribution in [-0.4, -0.2) is 28.9 Å². The maximum Gasteiger partial charge on any atom is 0.309 e. The highest BCUT2D eigenvalue weighted by molar-refractivity contribution is 5.71. The molecule has 1 rings (SSSR count). The average molecular weight is 274 g/mol. The van der Waals surface area contributed by atoms with Gasteiger partial charge in [0.05, 0.1) is 12.5 Å². The molecule has 2 unspecified atom stereocenters. The van der Waals surface area contributed by atoms with Crippen LogP contribution >= 0.6 is 0 Å². The quantitative estimate of drug-likeness (QED) is 0.800. The minimum atomic E-state index is -1.48. The molecule has 0 amide bonds. The van der Waals surface area contributed by atoms with Crippen molar-refractivity contribution in [2.45, 2.75) is 26.1 Å². The van der Waals surface area contributed by atoms with E-state index in [9.17, 15) is 18.7 Å². The lowest BCUT2D eigenvalue weighted by Crippen LogP contribution is -2.29. The van der Waals surface area contributed by atoms with Crippen LogP contribution in [0.3, 0.4) is 0 Å². The first-order chi connectivity index (χ1) is 8.86. The summed E-state index contributed by atoms with van der Waals surface area (Å²) in [6, 6.07) is 2.68. The number of ether oxygens (including phenoxy) is 1. The van der Waals surface area contributed by atoms with Gasteiger partial charge in [-0.2, -0.15) is 0 Å². The van der Waals surface area contributed by atoms with E-state index >= 15 is 0 Å². The molecule has 0 fully saturated rings. The van der Waals surface area contributed by atoms with Crippen LogP contribution in [0.1, 0.15) is 25.5 Å². The van der Waals surface area contributed by atoms with Crippen molar-refractivity contribution in [3.63, 3.8) is 0 Å². The van der Waals surface area contributed by atoms with Crippen LogP contribution in [0, 0.1) is 17.6 Å². The lowest BCUT2D eigenvalue weighted by molar-refractivity contribution is -0.161. The summed E-state index contributed by atoms with van der Waals surface area (Å²) >= 11 is 0. The molecule has 0 saturated heterocycles. The topological polar surface area (TPSA) is 66.8 Å². The number of rotatable bonds is 5. The number of hydrogen-bond acceptors (Lipinski definition) is 4. The van der Waals surface area contributed by atoms with E-state index in [1.165, 1.54) is 0 Å². The highest BCUT2D eigenvalue weighted by Crippen LogP contribution is 2.26. The zero-order valence-corrected chi connectivity index (χ0v) is 10.6. The molecule has 106 valence electrons. The van der Waals surface area contributed by atoms with Crippen LogP contribution in [0.2, 0.25) is 0 Å². The third-order valence-corrected chi connectivity index (χ3v) is 2.52. The smallest absolute Gasteiger partial charge is 0.309 e. The van der Waals surface area contributed by atoms with Gasteiger partial charge < -0.3 is 14.9 Å². The molecule has 0 bridgehead atoms. The summed E-state index contributed by atoms with van der Waals surface area (Å²) in [5.74, 6) is -2.86. The Balaban J connectivity index is 3.06. The molecule has 4 nitrogen and oxygen atoms in total. The normalized spacial score (nSPS) is 14.3. The van der Waals surface area contributed by atoms with Gasteiger partial charge in [-0.25, -0.2) is 8.78 Å². The van der Waals surface area contributed by atoms with E-state index < -0.39 is 42.3 Å². The van der Waals surface area contributed by atoms with Crippen LogP contribution in [0.4, 0.5) is 8.78 Å². The zero-order chi connectivity index (χ0) is 14.6. The average Bonchev–Trinajstić information content (AvgIpc) is 2.35. The lowest BCUT2D eigenvalue weighted by Gasteiger charge is -2.23. The van der Waals surface area contributed by atoms with E-state index in [0.29, 0.717) is 6.07 Å². The Kier molecular flexibility index (Phi) is 5.38. The Morgan fingerprint density at radius 3 is 2.47 bits per heavy atom. The third-order valence-electron chi connectivity index (χ3n) is 2.52. The van der Waals surface area contributed by atoms with Gasteiger partial charge in [-0.1, -0.05) is 13.8 Å². The van der Waals surface area contributed by atoms with Crippen LogP contribution in [0.25, 0.3) is 0 Å². The third kappa shape index (κ3) is 3.97. The van der Waals surface area contributed by atoms with Crippen LogP contribution < -0.4 is 0 Å². The number of aliphatic hydroxyl groups is 2. The van der Waals surface area contributed by atoms with Crippen molar-refractivity contribution in [1.29, 1.82) is 0 Å². The second-order valence-electron chi connectivity index (χ2n) is 4.43. The Morgan fingerprint density at radius 2 is 2.00 bits per heavy atom. The summed E-state index contributed by atoms with van der Waals surface area (Å²) in [5, 5.41) is 18.5. The van der Waals surface area contributed by atoms with E-state index in [0.717, 1.165) is 12.1 Å². The maximum atomic E-state index is 13.6. The summed E-state index contributed by atoms with van der Waals surface area (Å²) in [6.45, 7) is 2.43. The summed E-state index contributed by atoms with van der Waals surface area (Å²) in [4.78, 5) is 11.5. The van der Waals surface area contributed by atoms with E-state index in [-0.39, 0.29) is 5.56 Å². The molecule has 1 aromatic carbocycles. The van der Waals surface area contributed by atoms with Gasteiger partial charge in [-0.05, 0) is 12.1 Å². The molecule has 0 radical (unpaired) electrons. The van der Waals surface area contributed by atoms with Crippen LogP contribution in [0.5, 0.6) is 0 Å². The van der Waals surface area contributed by atoms with Crippen molar-refractivity contribution in [2.75, 3.05) is 6.61 Å². The molecule has 0 heterocycles. The van der Waals surface area contributed by atoms with Crippen LogP contribution in [-0.2, 0) is 9.53 Å². The first kappa shape index (κ1) is 15.5. The number of carbonyl (C=O) groups excluding carboxylic acids is 1. The van der Waals surface area contributed by atoms with Crippen molar-refractivity contribution in [3.8, 4) is 0 Å². The van der Waals surface area contributed by atoms with Gasteiger partial charge in [-0.15, -0.1) is 0 Å². The highest BCUT2D eigenvalue weighted by atomic mass is 19.1. The fourth-order valence-electron chi connectivity index (χ4n) is 1.44. The SMILES string of the molecule is CC(C)C(=O)OC(c1ccc(F)cc1F)C(O)CO. The Morgan fingerprint density at radius 1 is 1.37 bits per heavy atom. The predicted octanol–water partition coefficient (Wildman–Crippen LogP) is 1.56. The van der Waals surface area contributed by atoms with Crippen molar-refractivity contribution in [2.24, 2.45) is 5.92 Å². The number of carbonyl (C=O) groups is 1. The maximum absolute atomic E-state index is 13.6. The molecule has 1 aromatic rings. The molecule has 6 heteroatoms. The molecule has 19 heavy (non-hydrogen) atoms. The van der Waals surface area contributed by atoms with Crippen LogP contribution in [0.15, 0.2) is 18.2 Å². The van der Waals surface area contributed by atoms with Gasteiger partial charge in [0, 0.05) is 11.6 Å². The van der Waals surface area contributed by atoms with Gasteiger partial charge in [0.1, 0.15) is 17.7 Å². The predicted molar refractivity (Wildman–Crippen MR) is 63.1 cm³/mol. The summed E-state index contributed by atoms with van der Waals surface area (Å²) < 4.78 is 31.4. The van der Waals surface area contributed by atoms with Gasteiger partial charge in [-0.3, -0.25) is 4.79 Å². The highest BCUT2D eigenvalue weighted by Gasteiger charge is 2.28. The Hall–Kier alpha value is -1.53. The molecule has 0 saturated carbocycles. The minimum Gasteiger partial charge on any atom is -0.454 e. The van der Waals surface area contributed by atoms with Gasteiger partial charge in [0.15, 0.2) is 6.10 Å². The second-order valence-corrected chi connectivity index (χ2v) is 4.43. The van der Waals surface area contributed by atoms with Crippen molar-refractivity contribution in [3.05, 3.63) is 35.4 Å². The van der Waals surface area contributed by atoms with E-state index in [4.69, 9.17) is 9.84 Å². The fourth-order valence-corrected chi connectivity index (χ4v) is 1.44. The van der Waals surface area contributed by atoms with E-state index in [1.54, 1.807) is 13.8 Å². The zero-order valence-electron chi connectivity index (χ0n) is 10.6. The Labute approximate surface area is 109 Å². The number of aliphatic hydroxyl groups excluding tert-OH is 2. The molecule has 0 aromatic heterocycles. The van der Waals surface area contributed by atoms with Crippen molar-refractivity contribution >= 4 is 5.97 Å². The van der Waals surface area contributed by atoms with Crippen molar-refractivity contribution < 1.29 is 28.5 Å². The molecule has 0 spiro atoms. The van der Waals surface area contributed by atoms with E-state index in [2.05, 4.69) is 0 Å². The lowest BCUT2D eigenvalue weighted by atomic mass is 10.0. The largest absolute Gasteiger partial charge is 0.454 e. The first-order valence-corrected chi connectivity index (χ1v) is 5.81. The summed E-state index contributed by atoms with van der Waals surface area (Å²) in [7, 11) is 0. The fraction of sp³-hybridized carbons (Fsp3) is 0.462. The number of halogens is 2. The number of esters is 1. The van der Waals surface area contributed by atoms with Gasteiger partial charge in [0.25, 0.3) is 0 Å². The van der Waals surface area contributed by atoms with Gasteiger partial charge >= 0.3 is 5.97 Å². The minimum absolute atomic E-state index is 0.183. The number of hydrogen-bond donors (Lipinski definition) is 2. The molecule has 2 N–H and O–H groups in total. The van der Waals surface area contributed by atoms with Gasteiger partial charge in [0.2, 0.25) is 0 Å². The first-order valence-electron chi connectivity index (χ1n) is 5.81. The Bertz CT molecular complexity index is 448. The summed E-state index contributed by atoms with van der Waals surface area (Å²) in [6.07, 6.45) is -2.86. The monoisotopic (exact) mass is 274 g/mol.